The SMILES string of the molecule is Cc1nc2nc(SCC(=O)N[C@@H]3CCC[C@@H](C)[C@@H]3C)nn2c(C)c1Cc1ccccc1Cl. The van der Waals surface area contributed by atoms with Gasteiger partial charge in [0.2, 0.25) is 11.1 Å². The molecular formula is C24H30ClN5OS. The molecule has 0 unspecified atom stereocenters. The molecule has 3 aromatic rings. The minimum Gasteiger partial charge on any atom is -0.352 e. The van der Waals surface area contributed by atoms with E-state index in [-0.39, 0.29) is 11.9 Å². The number of nitrogens with one attached hydrogen (secondary N) is 1. The van der Waals surface area contributed by atoms with E-state index in [0.29, 0.717) is 34.9 Å². The molecule has 1 fully saturated rings. The molecule has 1 aliphatic carbocycles. The lowest BCUT2D eigenvalue weighted by Crippen LogP contribution is -2.44. The molecule has 0 spiro atoms. The number of hydrogen-bond donors (Lipinski definition) is 1. The number of hydrogen-bond acceptors (Lipinski definition) is 5. The molecule has 1 amide bonds. The van der Waals surface area contributed by atoms with E-state index in [1.807, 2.05) is 38.1 Å². The standard InChI is InChI=1S/C24H30ClN5OS/c1-14-8-7-11-21(15(14)2)27-22(31)13-32-24-28-23-26-16(3)19(17(4)30(23)29-24)12-18-9-5-6-10-20(18)25/h5-6,9-10,14-15,21H,7-8,11-13H2,1-4H3,(H,27,31)/t14-,15+,21-/m1/s1. The highest BCUT2D eigenvalue weighted by Crippen LogP contribution is 2.29. The summed E-state index contributed by atoms with van der Waals surface area (Å²) in [6.45, 7) is 8.52. The van der Waals surface area contributed by atoms with Crippen LogP contribution in [0.5, 0.6) is 0 Å². The maximum atomic E-state index is 12.5. The predicted molar refractivity (Wildman–Crippen MR) is 129 cm³/mol. The number of carbonyl (C=O) groups is 1. The third-order valence-corrected chi connectivity index (χ3v) is 7.95. The maximum Gasteiger partial charge on any atom is 0.253 e. The second-order valence-corrected chi connectivity index (χ2v) is 10.2. The van der Waals surface area contributed by atoms with Crippen LogP contribution in [0.4, 0.5) is 0 Å². The monoisotopic (exact) mass is 471 g/mol. The highest BCUT2D eigenvalue weighted by Gasteiger charge is 2.28. The molecule has 2 aromatic heterocycles. The van der Waals surface area contributed by atoms with E-state index in [1.54, 1.807) is 4.52 Å². The number of rotatable bonds is 6. The smallest absolute Gasteiger partial charge is 0.253 e. The Labute approximate surface area is 198 Å². The van der Waals surface area contributed by atoms with Crippen molar-refractivity contribution in [3.8, 4) is 0 Å². The molecule has 1 aromatic carbocycles. The molecule has 1 aliphatic rings. The van der Waals surface area contributed by atoms with E-state index in [1.165, 1.54) is 24.6 Å². The predicted octanol–water partition coefficient (Wildman–Crippen LogP) is 5.02. The summed E-state index contributed by atoms with van der Waals surface area (Å²) in [6, 6.07) is 8.11. The number of halogens is 1. The summed E-state index contributed by atoms with van der Waals surface area (Å²) in [5.74, 6) is 2.07. The maximum absolute atomic E-state index is 12.5. The number of aromatic nitrogens is 4. The van der Waals surface area contributed by atoms with Crippen molar-refractivity contribution in [2.45, 2.75) is 64.6 Å². The number of thioether (sulfide) groups is 1. The molecular weight excluding hydrogens is 442 g/mol. The van der Waals surface area contributed by atoms with E-state index in [9.17, 15) is 4.79 Å². The lowest BCUT2D eigenvalue weighted by molar-refractivity contribution is -0.120. The Morgan fingerprint density at radius 3 is 2.78 bits per heavy atom. The van der Waals surface area contributed by atoms with Gasteiger partial charge in [0.25, 0.3) is 5.78 Å². The lowest BCUT2D eigenvalue weighted by atomic mass is 9.78. The molecule has 6 nitrogen and oxygen atoms in total. The highest BCUT2D eigenvalue weighted by atomic mass is 35.5. The van der Waals surface area contributed by atoms with Crippen molar-refractivity contribution in [1.82, 2.24) is 24.9 Å². The average molecular weight is 472 g/mol. The van der Waals surface area contributed by atoms with Crippen molar-refractivity contribution in [2.24, 2.45) is 11.8 Å². The van der Waals surface area contributed by atoms with Gasteiger partial charge in [-0.05, 0) is 49.3 Å². The number of nitrogens with zero attached hydrogens (tertiary/aromatic N) is 4. The number of benzene rings is 1. The molecule has 4 rings (SSSR count). The molecule has 32 heavy (non-hydrogen) atoms. The Hall–Kier alpha value is -2.12. The van der Waals surface area contributed by atoms with Crippen LogP contribution in [-0.4, -0.2) is 37.3 Å². The zero-order valence-corrected chi connectivity index (χ0v) is 20.6. The van der Waals surface area contributed by atoms with Gasteiger partial charge in [0, 0.05) is 28.9 Å². The lowest BCUT2D eigenvalue weighted by Gasteiger charge is -2.34. The summed E-state index contributed by atoms with van der Waals surface area (Å²) < 4.78 is 1.77. The number of fused-ring (bicyclic) bond motifs is 1. The Balaban J connectivity index is 1.46. The van der Waals surface area contributed by atoms with Gasteiger partial charge in [-0.3, -0.25) is 4.79 Å². The van der Waals surface area contributed by atoms with Crippen molar-refractivity contribution >= 4 is 35.0 Å². The number of carbonyl (C=O) groups excluding carboxylic acids is 1. The van der Waals surface area contributed by atoms with E-state index in [2.05, 4.69) is 34.2 Å². The Kier molecular flexibility index (Phi) is 7.05. The minimum atomic E-state index is 0.0417. The summed E-state index contributed by atoms with van der Waals surface area (Å²) in [5, 5.41) is 9.14. The van der Waals surface area contributed by atoms with Gasteiger partial charge in [0.05, 0.1) is 5.75 Å². The van der Waals surface area contributed by atoms with Crippen LogP contribution in [0.25, 0.3) is 5.78 Å². The molecule has 0 bridgehead atoms. The third-order valence-electron chi connectivity index (χ3n) is 6.74. The van der Waals surface area contributed by atoms with Gasteiger partial charge in [0.1, 0.15) is 0 Å². The van der Waals surface area contributed by atoms with Crippen LogP contribution in [0.2, 0.25) is 5.02 Å². The summed E-state index contributed by atoms with van der Waals surface area (Å²) in [6.07, 6.45) is 4.17. The van der Waals surface area contributed by atoms with Crippen molar-refractivity contribution in [1.29, 1.82) is 0 Å². The number of amides is 1. The summed E-state index contributed by atoms with van der Waals surface area (Å²) in [5.41, 5.74) is 4.04. The first-order valence-electron chi connectivity index (χ1n) is 11.2. The largest absolute Gasteiger partial charge is 0.352 e. The summed E-state index contributed by atoms with van der Waals surface area (Å²) in [7, 11) is 0. The fourth-order valence-electron chi connectivity index (χ4n) is 4.50. The summed E-state index contributed by atoms with van der Waals surface area (Å²) in [4.78, 5) is 21.7. The Morgan fingerprint density at radius 2 is 2.00 bits per heavy atom. The Bertz CT molecular complexity index is 1130. The molecule has 0 radical (unpaired) electrons. The normalized spacial score (nSPS) is 21.1. The van der Waals surface area contributed by atoms with Crippen molar-refractivity contribution in [3.63, 3.8) is 0 Å². The van der Waals surface area contributed by atoms with Crippen LogP contribution in [-0.2, 0) is 11.2 Å². The molecule has 8 heteroatoms. The fraction of sp³-hybridized carbons (Fsp3) is 0.500. The Morgan fingerprint density at radius 1 is 1.22 bits per heavy atom. The molecule has 3 atom stereocenters. The summed E-state index contributed by atoms with van der Waals surface area (Å²) >= 11 is 7.72. The third kappa shape index (κ3) is 4.94. The second kappa shape index (κ2) is 9.79. The van der Waals surface area contributed by atoms with Crippen molar-refractivity contribution < 1.29 is 4.79 Å². The minimum absolute atomic E-state index is 0.0417. The van der Waals surface area contributed by atoms with Gasteiger partial charge >= 0.3 is 0 Å². The molecule has 170 valence electrons. The van der Waals surface area contributed by atoms with Crippen molar-refractivity contribution in [2.75, 3.05) is 5.75 Å². The van der Waals surface area contributed by atoms with Crippen LogP contribution in [0.3, 0.4) is 0 Å². The van der Waals surface area contributed by atoms with Crippen molar-refractivity contribution in [3.05, 3.63) is 51.8 Å². The first-order chi connectivity index (χ1) is 15.3. The van der Waals surface area contributed by atoms with E-state index >= 15 is 0 Å². The van der Waals surface area contributed by atoms with E-state index in [4.69, 9.17) is 11.6 Å². The van der Waals surface area contributed by atoms with Crippen LogP contribution >= 0.6 is 23.4 Å². The van der Waals surface area contributed by atoms with E-state index in [0.717, 1.165) is 34.0 Å². The zero-order chi connectivity index (χ0) is 22.8. The van der Waals surface area contributed by atoms with Gasteiger partial charge in [-0.25, -0.2) is 9.50 Å². The highest BCUT2D eigenvalue weighted by molar-refractivity contribution is 7.99. The van der Waals surface area contributed by atoms with Gasteiger partial charge in [0.15, 0.2) is 0 Å². The molecule has 0 saturated heterocycles. The first kappa shape index (κ1) is 23.1. The molecule has 0 aliphatic heterocycles. The molecule has 1 N–H and O–H groups in total. The van der Waals surface area contributed by atoms with E-state index < -0.39 is 0 Å². The van der Waals surface area contributed by atoms with Crippen LogP contribution < -0.4 is 5.32 Å². The van der Waals surface area contributed by atoms with Crippen LogP contribution in [0.15, 0.2) is 29.4 Å². The fourth-order valence-corrected chi connectivity index (χ4v) is 5.34. The number of aryl methyl sites for hydroxylation is 2. The average Bonchev–Trinajstić information content (AvgIpc) is 3.17. The van der Waals surface area contributed by atoms with Gasteiger partial charge in [-0.15, -0.1) is 5.10 Å². The topological polar surface area (TPSA) is 72.2 Å². The zero-order valence-electron chi connectivity index (χ0n) is 19.1. The van der Waals surface area contributed by atoms with Gasteiger partial charge in [-0.1, -0.05) is 68.3 Å². The quantitative estimate of drug-likeness (QED) is 0.511. The van der Waals surface area contributed by atoms with Gasteiger partial charge in [-0.2, -0.15) is 4.98 Å². The van der Waals surface area contributed by atoms with Crippen LogP contribution in [0, 0.1) is 25.7 Å². The molecule has 1 saturated carbocycles. The van der Waals surface area contributed by atoms with Gasteiger partial charge < -0.3 is 5.32 Å². The first-order valence-corrected chi connectivity index (χ1v) is 12.6. The molecule has 2 heterocycles. The second-order valence-electron chi connectivity index (χ2n) is 8.87. The van der Waals surface area contributed by atoms with Crippen LogP contribution in [0.1, 0.15) is 55.6 Å².